The number of halogens is 1. The van der Waals surface area contributed by atoms with Crippen molar-refractivity contribution in [3.05, 3.63) is 12.7 Å². The molecule has 3 rings (SSSR count). The van der Waals surface area contributed by atoms with E-state index in [1.54, 1.807) is 0 Å². The van der Waals surface area contributed by atoms with Crippen molar-refractivity contribution in [2.24, 2.45) is 35.5 Å². The van der Waals surface area contributed by atoms with Crippen molar-refractivity contribution in [2.75, 3.05) is 0 Å². The molecule has 0 spiro atoms. The van der Waals surface area contributed by atoms with Crippen LogP contribution in [0.4, 0.5) is 4.39 Å². The second-order valence-corrected chi connectivity index (χ2v) is 7.72. The van der Waals surface area contributed by atoms with Crippen LogP contribution in [0, 0.1) is 35.5 Å². The van der Waals surface area contributed by atoms with Gasteiger partial charge in [-0.05, 0) is 86.9 Å². The minimum Gasteiger partial charge on any atom is -0.247 e. The quantitative estimate of drug-likeness (QED) is 0.572. The molecule has 0 radical (unpaired) electrons. The van der Waals surface area contributed by atoms with Crippen LogP contribution in [0.15, 0.2) is 12.7 Å². The van der Waals surface area contributed by atoms with E-state index >= 15 is 0 Å². The Morgan fingerprint density at radius 3 is 2.10 bits per heavy atom. The summed E-state index contributed by atoms with van der Waals surface area (Å²) in [6.45, 7) is 6.51. The molecule has 1 heteroatoms. The van der Waals surface area contributed by atoms with Crippen LogP contribution >= 0.6 is 0 Å². The molecule has 0 aliphatic heterocycles. The SMILES string of the molecule is C=CC1CC(C2CC2)C(CC)CC1C1CCC(F)CC1. The Balaban J connectivity index is 1.67. The normalized spacial score (nSPS) is 46.1. The Kier molecular flexibility index (Phi) is 4.52. The van der Waals surface area contributed by atoms with Gasteiger partial charge in [0.2, 0.25) is 0 Å². The molecular weight excluding hydrogens is 247 g/mol. The highest BCUT2D eigenvalue weighted by molar-refractivity contribution is 4.99. The Labute approximate surface area is 124 Å². The van der Waals surface area contributed by atoms with E-state index < -0.39 is 6.17 Å². The van der Waals surface area contributed by atoms with Gasteiger partial charge >= 0.3 is 0 Å². The lowest BCUT2D eigenvalue weighted by Crippen LogP contribution is -2.37. The number of allylic oxidation sites excluding steroid dienone is 1. The summed E-state index contributed by atoms with van der Waals surface area (Å²) in [5.41, 5.74) is 0. The zero-order chi connectivity index (χ0) is 14.1. The standard InChI is InChI=1S/C19H31F/c1-3-13-12-19(16-7-9-17(20)10-8-16)14(4-2)11-18(13)15-5-6-15/h4,13-19H,2-3,5-12H2,1H3. The lowest BCUT2D eigenvalue weighted by atomic mass is 9.60. The smallest absolute Gasteiger partial charge is 0.100 e. The van der Waals surface area contributed by atoms with Gasteiger partial charge in [0, 0.05) is 0 Å². The number of hydrogen-bond donors (Lipinski definition) is 0. The van der Waals surface area contributed by atoms with Crippen molar-refractivity contribution in [1.29, 1.82) is 0 Å². The van der Waals surface area contributed by atoms with Gasteiger partial charge in [0.25, 0.3) is 0 Å². The molecule has 20 heavy (non-hydrogen) atoms. The molecule has 4 unspecified atom stereocenters. The third kappa shape index (κ3) is 2.97. The summed E-state index contributed by atoms with van der Waals surface area (Å²) < 4.78 is 13.4. The van der Waals surface area contributed by atoms with E-state index in [4.69, 9.17) is 0 Å². The first-order valence-corrected chi connectivity index (χ1v) is 8.99. The first-order valence-electron chi connectivity index (χ1n) is 8.99. The minimum atomic E-state index is -0.516. The van der Waals surface area contributed by atoms with Gasteiger partial charge in [-0.15, -0.1) is 6.58 Å². The van der Waals surface area contributed by atoms with Crippen LogP contribution in [-0.2, 0) is 0 Å². The second kappa shape index (κ2) is 6.20. The molecule has 114 valence electrons. The number of alkyl halides is 1. The Bertz CT molecular complexity index is 325. The summed E-state index contributed by atoms with van der Waals surface area (Å²) in [6, 6.07) is 0. The van der Waals surface area contributed by atoms with Crippen molar-refractivity contribution in [3.8, 4) is 0 Å². The van der Waals surface area contributed by atoms with Crippen LogP contribution < -0.4 is 0 Å². The van der Waals surface area contributed by atoms with Crippen LogP contribution in [0.3, 0.4) is 0 Å². The fraction of sp³-hybridized carbons (Fsp3) is 0.895. The van der Waals surface area contributed by atoms with Crippen LogP contribution in [-0.4, -0.2) is 6.17 Å². The molecule has 0 amide bonds. The van der Waals surface area contributed by atoms with E-state index in [2.05, 4.69) is 19.6 Å². The van der Waals surface area contributed by atoms with Crippen molar-refractivity contribution in [2.45, 2.75) is 70.9 Å². The molecular formula is C19H31F. The Hall–Kier alpha value is -0.330. The predicted molar refractivity (Wildman–Crippen MR) is 83.3 cm³/mol. The first kappa shape index (κ1) is 14.6. The Morgan fingerprint density at radius 2 is 1.55 bits per heavy atom. The zero-order valence-electron chi connectivity index (χ0n) is 13.1. The van der Waals surface area contributed by atoms with E-state index in [9.17, 15) is 4.39 Å². The third-order valence-corrected chi connectivity index (χ3v) is 6.64. The number of hydrogen-bond acceptors (Lipinski definition) is 0. The van der Waals surface area contributed by atoms with Crippen LogP contribution in [0.1, 0.15) is 64.7 Å². The molecule has 0 saturated heterocycles. The van der Waals surface area contributed by atoms with Crippen molar-refractivity contribution in [1.82, 2.24) is 0 Å². The topological polar surface area (TPSA) is 0 Å². The molecule has 0 heterocycles. The summed E-state index contributed by atoms with van der Waals surface area (Å²) in [5, 5.41) is 0. The largest absolute Gasteiger partial charge is 0.247 e. The molecule has 3 aliphatic carbocycles. The second-order valence-electron chi connectivity index (χ2n) is 7.72. The summed E-state index contributed by atoms with van der Waals surface area (Å²) in [4.78, 5) is 0. The summed E-state index contributed by atoms with van der Waals surface area (Å²) >= 11 is 0. The van der Waals surface area contributed by atoms with E-state index in [1.165, 1.54) is 32.1 Å². The molecule has 3 saturated carbocycles. The van der Waals surface area contributed by atoms with Gasteiger partial charge in [-0.25, -0.2) is 4.39 Å². The maximum absolute atomic E-state index is 13.4. The average Bonchev–Trinajstić information content (AvgIpc) is 3.31. The van der Waals surface area contributed by atoms with E-state index in [0.29, 0.717) is 5.92 Å². The fourth-order valence-electron chi connectivity index (χ4n) is 5.27. The molecule has 0 aromatic rings. The molecule has 0 nitrogen and oxygen atoms in total. The molecule has 0 bridgehead atoms. The molecule has 0 aromatic carbocycles. The molecule has 3 aliphatic rings. The van der Waals surface area contributed by atoms with Crippen LogP contribution in [0.2, 0.25) is 0 Å². The zero-order valence-corrected chi connectivity index (χ0v) is 13.1. The molecule has 0 N–H and O–H groups in total. The van der Waals surface area contributed by atoms with Gasteiger partial charge < -0.3 is 0 Å². The maximum Gasteiger partial charge on any atom is 0.100 e. The third-order valence-electron chi connectivity index (χ3n) is 6.64. The highest BCUT2D eigenvalue weighted by Gasteiger charge is 2.44. The van der Waals surface area contributed by atoms with Gasteiger partial charge in [-0.2, -0.15) is 0 Å². The molecule has 4 atom stereocenters. The monoisotopic (exact) mass is 278 g/mol. The lowest BCUT2D eigenvalue weighted by molar-refractivity contribution is 0.0540. The van der Waals surface area contributed by atoms with Gasteiger partial charge in [0.15, 0.2) is 0 Å². The average molecular weight is 278 g/mol. The summed E-state index contributed by atoms with van der Waals surface area (Å²) in [7, 11) is 0. The highest BCUT2D eigenvalue weighted by Crippen LogP contribution is 2.53. The lowest BCUT2D eigenvalue weighted by Gasteiger charge is -2.45. The Morgan fingerprint density at radius 1 is 0.950 bits per heavy atom. The van der Waals surface area contributed by atoms with Crippen molar-refractivity contribution in [3.63, 3.8) is 0 Å². The van der Waals surface area contributed by atoms with E-state index in [1.807, 2.05) is 0 Å². The molecule has 3 fully saturated rings. The van der Waals surface area contributed by atoms with Gasteiger partial charge in [0.05, 0.1) is 0 Å². The van der Waals surface area contributed by atoms with Crippen LogP contribution in [0.25, 0.3) is 0 Å². The predicted octanol–water partition coefficient (Wildman–Crippen LogP) is 5.78. The van der Waals surface area contributed by atoms with Gasteiger partial charge in [-0.1, -0.05) is 19.4 Å². The summed E-state index contributed by atoms with van der Waals surface area (Å²) in [6.07, 6.45) is 12.7. The highest BCUT2D eigenvalue weighted by atomic mass is 19.1. The molecule has 0 aromatic heterocycles. The number of rotatable bonds is 4. The summed E-state index contributed by atoms with van der Waals surface area (Å²) in [5.74, 6) is 5.23. The van der Waals surface area contributed by atoms with Gasteiger partial charge in [0.1, 0.15) is 6.17 Å². The van der Waals surface area contributed by atoms with Crippen LogP contribution in [0.5, 0.6) is 0 Å². The van der Waals surface area contributed by atoms with Crippen molar-refractivity contribution >= 4 is 0 Å². The minimum absolute atomic E-state index is 0.516. The van der Waals surface area contributed by atoms with Crippen molar-refractivity contribution < 1.29 is 4.39 Å². The first-order chi connectivity index (χ1) is 9.72. The van der Waals surface area contributed by atoms with E-state index in [-0.39, 0.29) is 0 Å². The maximum atomic E-state index is 13.4. The fourth-order valence-corrected chi connectivity index (χ4v) is 5.27. The van der Waals surface area contributed by atoms with E-state index in [0.717, 1.165) is 55.3 Å². The van der Waals surface area contributed by atoms with Gasteiger partial charge in [-0.3, -0.25) is 0 Å².